The van der Waals surface area contributed by atoms with Gasteiger partial charge in [-0.15, -0.1) is 0 Å². The zero-order chi connectivity index (χ0) is 46.5. The Balaban J connectivity index is 4.58. The molecular formula is C58H88O6. The summed E-state index contributed by atoms with van der Waals surface area (Å²) >= 11 is 0. The molecule has 64 heavy (non-hydrogen) atoms. The van der Waals surface area contributed by atoms with Crippen molar-refractivity contribution in [3.05, 3.63) is 146 Å². The lowest BCUT2D eigenvalue weighted by Crippen LogP contribution is -2.30. The summed E-state index contributed by atoms with van der Waals surface area (Å²) < 4.78 is 16.7. The van der Waals surface area contributed by atoms with Crippen LogP contribution in [0.25, 0.3) is 0 Å². The predicted molar refractivity (Wildman–Crippen MR) is 274 cm³/mol. The first-order valence-electron chi connectivity index (χ1n) is 25.0. The second kappa shape index (κ2) is 50.9. The zero-order valence-electron chi connectivity index (χ0n) is 40.5. The summed E-state index contributed by atoms with van der Waals surface area (Å²) in [5.74, 6) is -1.02. The molecule has 0 aromatic heterocycles. The van der Waals surface area contributed by atoms with Crippen LogP contribution in [0, 0.1) is 0 Å². The lowest BCUT2D eigenvalue weighted by Gasteiger charge is -2.18. The Morgan fingerprint density at radius 1 is 0.328 bits per heavy atom. The fraction of sp³-hybridized carbons (Fsp3) is 0.534. The van der Waals surface area contributed by atoms with E-state index in [1.807, 2.05) is 54.7 Å². The van der Waals surface area contributed by atoms with Crippen molar-refractivity contribution in [1.29, 1.82) is 0 Å². The Kier molecular flexibility index (Phi) is 47.2. The van der Waals surface area contributed by atoms with Gasteiger partial charge in [0.15, 0.2) is 6.10 Å². The quantitative estimate of drug-likeness (QED) is 0.0263. The topological polar surface area (TPSA) is 78.9 Å². The van der Waals surface area contributed by atoms with Crippen molar-refractivity contribution in [3.63, 3.8) is 0 Å². The average molecular weight is 881 g/mol. The molecule has 0 aliphatic carbocycles. The van der Waals surface area contributed by atoms with Crippen LogP contribution in [-0.4, -0.2) is 37.2 Å². The molecule has 0 amide bonds. The smallest absolute Gasteiger partial charge is 0.306 e. The van der Waals surface area contributed by atoms with E-state index >= 15 is 0 Å². The molecule has 0 spiro atoms. The van der Waals surface area contributed by atoms with Crippen LogP contribution in [-0.2, 0) is 28.6 Å². The zero-order valence-corrected chi connectivity index (χ0v) is 40.5. The molecule has 0 heterocycles. The molecule has 6 heteroatoms. The highest BCUT2D eigenvalue weighted by Gasteiger charge is 2.19. The van der Waals surface area contributed by atoms with Crippen molar-refractivity contribution in [1.82, 2.24) is 0 Å². The molecule has 0 aromatic rings. The molecule has 0 bridgehead atoms. The van der Waals surface area contributed by atoms with Crippen LogP contribution in [0.1, 0.15) is 181 Å². The van der Waals surface area contributed by atoms with Gasteiger partial charge in [-0.05, 0) is 83.5 Å². The largest absolute Gasteiger partial charge is 0.462 e. The van der Waals surface area contributed by atoms with Crippen molar-refractivity contribution >= 4 is 17.9 Å². The number of allylic oxidation sites excluding steroid dienone is 24. The van der Waals surface area contributed by atoms with Crippen LogP contribution in [0.4, 0.5) is 0 Å². The van der Waals surface area contributed by atoms with Crippen molar-refractivity contribution in [2.24, 2.45) is 0 Å². The lowest BCUT2D eigenvalue weighted by molar-refractivity contribution is -0.167. The Morgan fingerprint density at radius 2 is 0.609 bits per heavy atom. The Labute approximate surface area is 391 Å². The first-order chi connectivity index (χ1) is 31.5. The van der Waals surface area contributed by atoms with Gasteiger partial charge >= 0.3 is 17.9 Å². The van der Waals surface area contributed by atoms with E-state index in [1.165, 1.54) is 19.3 Å². The third kappa shape index (κ3) is 48.3. The fourth-order valence-corrected chi connectivity index (χ4v) is 6.12. The maximum Gasteiger partial charge on any atom is 0.306 e. The minimum Gasteiger partial charge on any atom is -0.462 e. The van der Waals surface area contributed by atoms with Gasteiger partial charge in [-0.1, -0.05) is 224 Å². The standard InChI is InChI=1S/C58H88O6/c1-4-7-10-13-16-19-22-25-27-28-29-31-33-36-39-42-45-48-51-57(60)63-54-55(53-62-56(59)50-47-44-41-38-35-32-24-21-18-15-12-9-6-3)64-58(61)52-49-46-43-40-37-34-30-26-23-20-17-14-11-8-5-2/h8-9,11-12,14-31,34,37,55H,4-7,10,13,32-33,35-36,38-54H2,1-3H3/b11-8-,12-9-,17-14-,18-15-,19-16-,23-20-,24-21-,25-22-,28-27-,30-26-,31-29-,37-34-. The number of unbranched alkanes of at least 4 members (excludes halogenated alkanes) is 16. The summed E-state index contributed by atoms with van der Waals surface area (Å²) in [5, 5.41) is 0. The normalized spacial score (nSPS) is 13.4. The molecule has 0 N–H and O–H groups in total. The van der Waals surface area contributed by atoms with Gasteiger partial charge in [-0.2, -0.15) is 0 Å². The Morgan fingerprint density at radius 3 is 0.969 bits per heavy atom. The van der Waals surface area contributed by atoms with Crippen LogP contribution in [0.5, 0.6) is 0 Å². The molecule has 1 atom stereocenters. The first kappa shape index (κ1) is 59.3. The summed E-state index contributed by atoms with van der Waals surface area (Å²) in [4.78, 5) is 37.9. The molecular weight excluding hydrogens is 793 g/mol. The van der Waals surface area contributed by atoms with Gasteiger partial charge in [-0.25, -0.2) is 0 Å². The van der Waals surface area contributed by atoms with Crippen molar-refractivity contribution < 1.29 is 28.6 Å². The molecule has 0 fully saturated rings. The summed E-state index contributed by atoms with van der Waals surface area (Å²) in [6.45, 7) is 6.22. The maximum absolute atomic E-state index is 12.8. The number of hydrogen-bond acceptors (Lipinski definition) is 6. The second-order valence-corrected chi connectivity index (χ2v) is 15.9. The number of ether oxygens (including phenoxy) is 3. The Hall–Kier alpha value is -4.71. The SMILES string of the molecule is CC\C=C/C=C\C=C/C=C\C=C/CCCCCC(=O)OC(COC(=O)CCCCCCC\C=C/C=C\C=C/C=C\CCCCC)COC(=O)CCCCCCC\C=C/C=C\C=C/CC. The summed E-state index contributed by atoms with van der Waals surface area (Å²) in [5.41, 5.74) is 0. The molecule has 0 radical (unpaired) electrons. The molecule has 0 aliphatic rings. The minimum absolute atomic E-state index is 0.121. The number of esters is 3. The minimum atomic E-state index is -0.825. The highest BCUT2D eigenvalue weighted by atomic mass is 16.6. The predicted octanol–water partition coefficient (Wildman–Crippen LogP) is 16.5. The average Bonchev–Trinajstić information content (AvgIpc) is 3.29. The van der Waals surface area contributed by atoms with Gasteiger partial charge in [0.1, 0.15) is 13.2 Å². The third-order valence-electron chi connectivity index (χ3n) is 9.84. The van der Waals surface area contributed by atoms with Gasteiger partial charge in [0, 0.05) is 19.3 Å². The van der Waals surface area contributed by atoms with Crippen molar-refractivity contribution in [2.45, 2.75) is 187 Å². The number of hydrogen-bond donors (Lipinski definition) is 0. The molecule has 1 unspecified atom stereocenters. The van der Waals surface area contributed by atoms with E-state index in [0.717, 1.165) is 116 Å². The molecule has 0 saturated heterocycles. The van der Waals surface area contributed by atoms with Crippen LogP contribution < -0.4 is 0 Å². The van der Waals surface area contributed by atoms with E-state index < -0.39 is 6.10 Å². The number of carbonyl (C=O) groups excluding carboxylic acids is 3. The lowest BCUT2D eigenvalue weighted by atomic mass is 10.1. The van der Waals surface area contributed by atoms with Crippen LogP contribution >= 0.6 is 0 Å². The highest BCUT2D eigenvalue weighted by molar-refractivity contribution is 5.71. The first-order valence-corrected chi connectivity index (χ1v) is 25.0. The maximum atomic E-state index is 12.8. The number of rotatable bonds is 42. The fourth-order valence-electron chi connectivity index (χ4n) is 6.12. The second-order valence-electron chi connectivity index (χ2n) is 15.9. The van der Waals surface area contributed by atoms with E-state index in [4.69, 9.17) is 14.2 Å². The van der Waals surface area contributed by atoms with Crippen LogP contribution in [0.2, 0.25) is 0 Å². The third-order valence-corrected chi connectivity index (χ3v) is 9.84. The van der Waals surface area contributed by atoms with Gasteiger partial charge in [0.05, 0.1) is 0 Å². The van der Waals surface area contributed by atoms with Gasteiger partial charge in [0.25, 0.3) is 0 Å². The summed E-state index contributed by atoms with van der Waals surface area (Å²) in [7, 11) is 0. The Bertz CT molecular complexity index is 1480. The van der Waals surface area contributed by atoms with E-state index in [2.05, 4.69) is 112 Å². The monoisotopic (exact) mass is 881 g/mol. The van der Waals surface area contributed by atoms with E-state index in [1.54, 1.807) is 0 Å². The molecule has 0 aliphatic heterocycles. The molecule has 6 nitrogen and oxygen atoms in total. The van der Waals surface area contributed by atoms with Crippen molar-refractivity contribution in [3.8, 4) is 0 Å². The summed E-state index contributed by atoms with van der Waals surface area (Å²) in [6.07, 6.45) is 72.5. The molecule has 0 saturated carbocycles. The van der Waals surface area contributed by atoms with Crippen LogP contribution in [0.15, 0.2) is 146 Å². The van der Waals surface area contributed by atoms with Gasteiger partial charge in [-0.3, -0.25) is 14.4 Å². The van der Waals surface area contributed by atoms with E-state index in [9.17, 15) is 14.4 Å². The van der Waals surface area contributed by atoms with Gasteiger partial charge in [0.2, 0.25) is 0 Å². The number of carbonyl (C=O) groups is 3. The molecule has 0 rings (SSSR count). The van der Waals surface area contributed by atoms with Crippen molar-refractivity contribution in [2.75, 3.05) is 13.2 Å². The van der Waals surface area contributed by atoms with E-state index in [0.29, 0.717) is 19.3 Å². The molecule has 0 aromatic carbocycles. The van der Waals surface area contributed by atoms with E-state index in [-0.39, 0.29) is 37.5 Å². The van der Waals surface area contributed by atoms with Crippen LogP contribution in [0.3, 0.4) is 0 Å². The highest BCUT2D eigenvalue weighted by Crippen LogP contribution is 2.12. The summed E-state index contributed by atoms with van der Waals surface area (Å²) in [6, 6.07) is 0. The van der Waals surface area contributed by atoms with Gasteiger partial charge < -0.3 is 14.2 Å². The molecule has 356 valence electrons.